The summed E-state index contributed by atoms with van der Waals surface area (Å²) in [7, 11) is 1.57. The molecule has 4 heterocycles. The molecule has 0 radical (unpaired) electrons. The number of nitrogens with one attached hydrogen (secondary N) is 1. The molecule has 1 N–H and O–H groups in total. The van der Waals surface area contributed by atoms with Gasteiger partial charge in [-0.3, -0.25) is 9.59 Å². The van der Waals surface area contributed by atoms with E-state index in [2.05, 4.69) is 10.4 Å². The van der Waals surface area contributed by atoms with E-state index >= 15 is 0 Å². The normalized spacial score (nSPS) is 19.8. The standard InChI is InChI=1S/C23H22N4O4S/c1-24-23(29)20-13-26(16-6-2-3-7-19(16)31-20)14-22(28)27-17(18-8-4-10-30-18)12-15(25-27)21-9-5-11-32-21/h2-11,17,20H,12-14H2,1H3,(H,24,29)/t17-,20-/m1/s1. The summed E-state index contributed by atoms with van der Waals surface area (Å²) in [5.74, 6) is 0.862. The van der Waals surface area contributed by atoms with E-state index in [9.17, 15) is 9.59 Å². The predicted molar refractivity (Wildman–Crippen MR) is 121 cm³/mol. The summed E-state index contributed by atoms with van der Waals surface area (Å²) < 4.78 is 11.5. The Morgan fingerprint density at radius 1 is 1.19 bits per heavy atom. The quantitative estimate of drug-likeness (QED) is 0.646. The number of hydrogen-bond donors (Lipinski definition) is 1. The molecule has 0 aliphatic carbocycles. The molecule has 5 rings (SSSR count). The number of furan rings is 1. The SMILES string of the molecule is CNC(=O)[C@H]1CN(CC(=O)N2N=C(c3cccs3)C[C@@H]2c2ccco2)c2ccccc2O1. The highest BCUT2D eigenvalue weighted by molar-refractivity contribution is 7.12. The van der Waals surface area contributed by atoms with Crippen molar-refractivity contribution < 1.29 is 18.7 Å². The molecule has 0 saturated heterocycles. The fraction of sp³-hybridized carbons (Fsp3) is 0.261. The van der Waals surface area contributed by atoms with Crippen LogP contribution in [0.2, 0.25) is 0 Å². The van der Waals surface area contributed by atoms with Gasteiger partial charge in [-0.15, -0.1) is 11.3 Å². The van der Waals surface area contributed by atoms with Crippen LogP contribution in [-0.4, -0.2) is 48.8 Å². The number of carbonyl (C=O) groups is 2. The van der Waals surface area contributed by atoms with Crippen LogP contribution < -0.4 is 15.0 Å². The molecular weight excluding hydrogens is 428 g/mol. The molecule has 0 bridgehead atoms. The Morgan fingerprint density at radius 2 is 2.06 bits per heavy atom. The van der Waals surface area contributed by atoms with E-state index in [1.54, 1.807) is 30.7 Å². The van der Waals surface area contributed by atoms with Crippen molar-refractivity contribution in [1.82, 2.24) is 10.3 Å². The number of likely N-dealkylation sites (N-methyl/N-ethyl adjacent to an activating group) is 1. The van der Waals surface area contributed by atoms with Gasteiger partial charge in [-0.2, -0.15) is 5.10 Å². The summed E-state index contributed by atoms with van der Waals surface area (Å²) in [6.07, 6.45) is 1.49. The molecule has 0 unspecified atom stereocenters. The van der Waals surface area contributed by atoms with Gasteiger partial charge in [0.2, 0.25) is 0 Å². The molecule has 164 valence electrons. The highest BCUT2D eigenvalue weighted by Gasteiger charge is 2.37. The van der Waals surface area contributed by atoms with E-state index in [0.29, 0.717) is 17.9 Å². The van der Waals surface area contributed by atoms with Crippen LogP contribution in [0.15, 0.2) is 69.7 Å². The summed E-state index contributed by atoms with van der Waals surface area (Å²) in [4.78, 5) is 28.7. The summed E-state index contributed by atoms with van der Waals surface area (Å²) in [5, 5.41) is 10.8. The number of fused-ring (bicyclic) bond motifs is 1. The van der Waals surface area contributed by atoms with Crippen molar-refractivity contribution in [2.45, 2.75) is 18.6 Å². The molecule has 0 spiro atoms. The number of nitrogens with zero attached hydrogens (tertiary/aromatic N) is 3. The summed E-state index contributed by atoms with van der Waals surface area (Å²) in [6.45, 7) is 0.329. The number of amides is 2. The Hall–Kier alpha value is -3.59. The molecule has 8 nitrogen and oxygen atoms in total. The number of anilines is 1. The number of carbonyl (C=O) groups excluding carboxylic acids is 2. The molecular formula is C23H22N4O4S. The Labute approximate surface area is 189 Å². The Balaban J connectivity index is 1.42. The first-order chi connectivity index (χ1) is 15.6. The van der Waals surface area contributed by atoms with Crippen molar-refractivity contribution in [1.29, 1.82) is 0 Å². The van der Waals surface area contributed by atoms with Crippen LogP contribution in [0, 0.1) is 0 Å². The molecule has 1 aromatic carbocycles. The molecule has 2 amide bonds. The van der Waals surface area contributed by atoms with Crippen molar-refractivity contribution in [2.75, 3.05) is 25.0 Å². The van der Waals surface area contributed by atoms with Crippen molar-refractivity contribution in [3.8, 4) is 5.75 Å². The molecule has 2 atom stereocenters. The van der Waals surface area contributed by atoms with Crippen molar-refractivity contribution in [3.63, 3.8) is 0 Å². The number of rotatable bonds is 5. The van der Waals surface area contributed by atoms with E-state index in [1.807, 2.05) is 52.7 Å². The van der Waals surface area contributed by atoms with Gasteiger partial charge in [-0.25, -0.2) is 5.01 Å². The molecule has 0 fully saturated rings. The monoisotopic (exact) mass is 450 g/mol. The van der Waals surface area contributed by atoms with E-state index in [4.69, 9.17) is 9.15 Å². The fourth-order valence-corrected chi connectivity index (χ4v) is 4.75. The maximum atomic E-state index is 13.5. The summed E-state index contributed by atoms with van der Waals surface area (Å²) >= 11 is 1.59. The summed E-state index contributed by atoms with van der Waals surface area (Å²) in [5.41, 5.74) is 1.64. The van der Waals surface area contributed by atoms with Crippen molar-refractivity contribution in [3.05, 3.63) is 70.8 Å². The third-order valence-corrected chi connectivity index (χ3v) is 6.49. The number of para-hydroxylation sites is 2. The molecule has 9 heteroatoms. The highest BCUT2D eigenvalue weighted by Crippen LogP contribution is 2.36. The summed E-state index contributed by atoms with van der Waals surface area (Å²) in [6, 6.07) is 14.8. The molecule has 2 aromatic heterocycles. The molecule has 3 aromatic rings. The number of hydrazone groups is 1. The van der Waals surface area contributed by atoms with Crippen LogP contribution in [0.4, 0.5) is 5.69 Å². The number of thiophene rings is 1. The maximum absolute atomic E-state index is 13.5. The first-order valence-corrected chi connectivity index (χ1v) is 11.2. The van der Waals surface area contributed by atoms with Gasteiger partial charge in [-0.05, 0) is 35.7 Å². The zero-order valence-corrected chi connectivity index (χ0v) is 18.2. The van der Waals surface area contributed by atoms with E-state index in [0.717, 1.165) is 16.3 Å². The topological polar surface area (TPSA) is 87.4 Å². The largest absolute Gasteiger partial charge is 0.477 e. The Bertz CT molecular complexity index is 1140. The zero-order valence-electron chi connectivity index (χ0n) is 17.4. The van der Waals surface area contributed by atoms with Crippen molar-refractivity contribution >= 4 is 34.6 Å². The lowest BCUT2D eigenvalue weighted by Gasteiger charge is -2.35. The molecule has 0 saturated carbocycles. The Kier molecular flexibility index (Phi) is 5.40. The van der Waals surface area contributed by atoms with Crippen LogP contribution in [0.3, 0.4) is 0 Å². The second-order valence-electron chi connectivity index (χ2n) is 7.57. The first kappa shape index (κ1) is 20.3. The first-order valence-electron chi connectivity index (χ1n) is 10.3. The lowest BCUT2D eigenvalue weighted by molar-refractivity contribution is -0.132. The molecule has 32 heavy (non-hydrogen) atoms. The average molecular weight is 451 g/mol. The minimum atomic E-state index is -0.702. The van der Waals surface area contributed by atoms with Crippen LogP contribution in [0.1, 0.15) is 23.1 Å². The second kappa shape index (κ2) is 8.51. The molecule has 2 aliphatic rings. The van der Waals surface area contributed by atoms with Crippen molar-refractivity contribution in [2.24, 2.45) is 5.10 Å². The van der Waals surface area contributed by atoms with Gasteiger partial charge < -0.3 is 19.4 Å². The predicted octanol–water partition coefficient (Wildman–Crippen LogP) is 3.03. The number of ether oxygens (including phenoxy) is 1. The van der Waals surface area contributed by atoms with Gasteiger partial charge in [0.1, 0.15) is 17.6 Å². The van der Waals surface area contributed by atoms with Gasteiger partial charge in [0, 0.05) is 13.5 Å². The van der Waals surface area contributed by atoms with Gasteiger partial charge in [0.25, 0.3) is 11.8 Å². The highest BCUT2D eigenvalue weighted by atomic mass is 32.1. The molecule has 2 aliphatic heterocycles. The average Bonchev–Trinajstić information content (AvgIpc) is 3.59. The lowest BCUT2D eigenvalue weighted by Crippen LogP contribution is -2.50. The van der Waals surface area contributed by atoms with E-state index < -0.39 is 6.10 Å². The van der Waals surface area contributed by atoms with Gasteiger partial charge in [-0.1, -0.05) is 18.2 Å². The van der Waals surface area contributed by atoms with E-state index in [1.165, 1.54) is 5.01 Å². The third kappa shape index (κ3) is 3.75. The van der Waals surface area contributed by atoms with E-state index in [-0.39, 0.29) is 30.9 Å². The van der Waals surface area contributed by atoms with Gasteiger partial charge in [0.15, 0.2) is 6.10 Å². The lowest BCUT2D eigenvalue weighted by atomic mass is 10.1. The van der Waals surface area contributed by atoms with Crippen LogP contribution in [0.25, 0.3) is 0 Å². The zero-order chi connectivity index (χ0) is 22.1. The number of benzene rings is 1. The minimum absolute atomic E-state index is 0.0618. The van der Waals surface area contributed by atoms with Crippen LogP contribution >= 0.6 is 11.3 Å². The fourth-order valence-electron chi connectivity index (χ4n) is 4.02. The maximum Gasteiger partial charge on any atom is 0.262 e. The van der Waals surface area contributed by atoms with Gasteiger partial charge in [0.05, 0.1) is 35.6 Å². The van der Waals surface area contributed by atoms with Crippen LogP contribution in [0.5, 0.6) is 5.75 Å². The third-order valence-electron chi connectivity index (χ3n) is 5.57. The van der Waals surface area contributed by atoms with Crippen LogP contribution in [-0.2, 0) is 9.59 Å². The van der Waals surface area contributed by atoms with Gasteiger partial charge >= 0.3 is 0 Å². The second-order valence-corrected chi connectivity index (χ2v) is 8.51. The number of hydrogen-bond acceptors (Lipinski definition) is 7. The Morgan fingerprint density at radius 3 is 2.81 bits per heavy atom. The minimum Gasteiger partial charge on any atom is -0.477 e. The smallest absolute Gasteiger partial charge is 0.262 e.